The highest BCUT2D eigenvalue weighted by atomic mass is 32.2. The Morgan fingerprint density at radius 1 is 1.19 bits per heavy atom. The molecule has 4 heteroatoms. The second-order valence-electron chi connectivity index (χ2n) is 4.18. The lowest BCUT2D eigenvalue weighted by Crippen LogP contribution is -2.15. The van der Waals surface area contributed by atoms with Crippen molar-refractivity contribution in [1.29, 1.82) is 0 Å². The summed E-state index contributed by atoms with van der Waals surface area (Å²) < 4.78 is 27.9. The van der Waals surface area contributed by atoms with Gasteiger partial charge in [0.1, 0.15) is 0 Å². The van der Waals surface area contributed by atoms with Gasteiger partial charge in [-0.1, -0.05) is 44.2 Å². The normalized spacial score (nSPS) is 11.9. The van der Waals surface area contributed by atoms with Gasteiger partial charge in [-0.05, 0) is 17.9 Å². The first-order chi connectivity index (χ1) is 7.49. The van der Waals surface area contributed by atoms with E-state index in [1.807, 2.05) is 44.2 Å². The first-order valence-corrected chi connectivity index (χ1v) is 6.98. The highest BCUT2D eigenvalue weighted by Crippen LogP contribution is 2.05. The van der Waals surface area contributed by atoms with E-state index in [1.165, 1.54) is 0 Å². The Balaban J connectivity index is 2.42. The smallest absolute Gasteiger partial charge is 0.267 e. The molecule has 0 saturated heterocycles. The second kappa shape index (κ2) is 6.01. The number of aryl methyl sites for hydroxylation is 1. The van der Waals surface area contributed by atoms with Gasteiger partial charge in [-0.2, -0.15) is 8.42 Å². The van der Waals surface area contributed by atoms with Gasteiger partial charge in [0.15, 0.2) is 0 Å². The Morgan fingerprint density at radius 3 is 2.38 bits per heavy atom. The Morgan fingerprint density at radius 2 is 1.81 bits per heavy atom. The van der Waals surface area contributed by atoms with Crippen molar-refractivity contribution in [3.8, 4) is 0 Å². The van der Waals surface area contributed by atoms with Crippen LogP contribution in [-0.2, 0) is 20.7 Å². The van der Waals surface area contributed by atoms with Crippen molar-refractivity contribution in [2.75, 3.05) is 12.4 Å². The van der Waals surface area contributed by atoms with Crippen LogP contribution in [0.3, 0.4) is 0 Å². The highest BCUT2D eigenvalue weighted by Gasteiger charge is 2.12. The zero-order valence-electron chi connectivity index (χ0n) is 9.72. The molecular weight excluding hydrogens is 224 g/mol. The van der Waals surface area contributed by atoms with Crippen LogP contribution in [0.5, 0.6) is 0 Å². The maximum atomic E-state index is 11.5. The van der Waals surface area contributed by atoms with E-state index in [0.717, 1.165) is 5.56 Å². The summed E-state index contributed by atoms with van der Waals surface area (Å²) in [6.45, 7) is 4.11. The maximum Gasteiger partial charge on any atom is 0.267 e. The Labute approximate surface area is 97.6 Å². The van der Waals surface area contributed by atoms with Crippen LogP contribution < -0.4 is 0 Å². The van der Waals surface area contributed by atoms with E-state index in [4.69, 9.17) is 4.18 Å². The van der Waals surface area contributed by atoms with E-state index in [-0.39, 0.29) is 18.3 Å². The molecule has 0 saturated carbocycles. The van der Waals surface area contributed by atoms with Crippen LogP contribution in [0, 0.1) is 5.92 Å². The molecular formula is C12H18O3S. The highest BCUT2D eigenvalue weighted by molar-refractivity contribution is 7.86. The van der Waals surface area contributed by atoms with Gasteiger partial charge in [0, 0.05) is 0 Å². The molecule has 3 nitrogen and oxygen atoms in total. The van der Waals surface area contributed by atoms with E-state index in [0.29, 0.717) is 6.42 Å². The van der Waals surface area contributed by atoms with Crippen molar-refractivity contribution >= 4 is 10.1 Å². The molecule has 0 spiro atoms. The Bertz CT molecular complexity index is 396. The fourth-order valence-electron chi connectivity index (χ4n) is 1.19. The molecule has 1 aromatic carbocycles. The third-order valence-electron chi connectivity index (χ3n) is 2.06. The van der Waals surface area contributed by atoms with Crippen molar-refractivity contribution < 1.29 is 12.6 Å². The van der Waals surface area contributed by atoms with Crippen molar-refractivity contribution in [3.63, 3.8) is 0 Å². The monoisotopic (exact) mass is 242 g/mol. The SMILES string of the molecule is CC(C)COS(=O)(=O)CCc1ccccc1. The lowest BCUT2D eigenvalue weighted by atomic mass is 10.2. The fourth-order valence-corrected chi connectivity index (χ4v) is 2.27. The van der Waals surface area contributed by atoms with Crippen molar-refractivity contribution in [1.82, 2.24) is 0 Å². The summed E-state index contributed by atoms with van der Waals surface area (Å²) >= 11 is 0. The standard InChI is InChI=1S/C12H18O3S/c1-11(2)10-15-16(13,14)9-8-12-6-4-3-5-7-12/h3-7,11H,8-10H2,1-2H3. The molecule has 0 unspecified atom stereocenters. The number of benzene rings is 1. The number of hydrogen-bond acceptors (Lipinski definition) is 3. The molecule has 1 rings (SSSR count). The second-order valence-corrected chi connectivity index (χ2v) is 5.94. The molecule has 0 N–H and O–H groups in total. The van der Waals surface area contributed by atoms with Crippen LogP contribution in [0.15, 0.2) is 30.3 Å². The minimum absolute atomic E-state index is 0.0454. The molecule has 0 aliphatic carbocycles. The van der Waals surface area contributed by atoms with Gasteiger partial charge < -0.3 is 0 Å². The molecule has 16 heavy (non-hydrogen) atoms. The van der Waals surface area contributed by atoms with Gasteiger partial charge >= 0.3 is 0 Å². The third-order valence-corrected chi connectivity index (χ3v) is 3.26. The van der Waals surface area contributed by atoms with Crippen molar-refractivity contribution in [2.24, 2.45) is 5.92 Å². The lowest BCUT2D eigenvalue weighted by molar-refractivity contribution is 0.275. The van der Waals surface area contributed by atoms with E-state index >= 15 is 0 Å². The summed E-state index contributed by atoms with van der Waals surface area (Å²) in [5, 5.41) is 0. The summed E-state index contributed by atoms with van der Waals surface area (Å²) in [5.41, 5.74) is 1.01. The molecule has 0 aliphatic rings. The quantitative estimate of drug-likeness (QED) is 0.718. The van der Waals surface area contributed by atoms with Gasteiger partial charge in [0.05, 0.1) is 12.4 Å². The largest absolute Gasteiger partial charge is 0.270 e. The van der Waals surface area contributed by atoms with Crippen LogP contribution >= 0.6 is 0 Å². The van der Waals surface area contributed by atoms with E-state index in [2.05, 4.69) is 0 Å². The zero-order chi connectivity index (χ0) is 12.0. The van der Waals surface area contributed by atoms with Crippen LogP contribution in [0.1, 0.15) is 19.4 Å². The van der Waals surface area contributed by atoms with Crippen LogP contribution in [-0.4, -0.2) is 20.8 Å². The van der Waals surface area contributed by atoms with Crippen LogP contribution in [0.2, 0.25) is 0 Å². The van der Waals surface area contributed by atoms with E-state index < -0.39 is 10.1 Å². The van der Waals surface area contributed by atoms with Gasteiger partial charge in [-0.15, -0.1) is 0 Å². The van der Waals surface area contributed by atoms with Crippen molar-refractivity contribution in [3.05, 3.63) is 35.9 Å². The first-order valence-electron chi connectivity index (χ1n) is 5.40. The minimum Gasteiger partial charge on any atom is -0.270 e. The average molecular weight is 242 g/mol. The molecule has 0 heterocycles. The average Bonchev–Trinajstić information content (AvgIpc) is 2.26. The van der Waals surface area contributed by atoms with Gasteiger partial charge in [0.25, 0.3) is 10.1 Å². The molecule has 0 radical (unpaired) electrons. The van der Waals surface area contributed by atoms with E-state index in [1.54, 1.807) is 0 Å². The number of hydrogen-bond donors (Lipinski definition) is 0. The molecule has 1 aromatic rings. The molecule has 0 bridgehead atoms. The lowest BCUT2D eigenvalue weighted by Gasteiger charge is -2.07. The van der Waals surface area contributed by atoms with Crippen LogP contribution in [0.4, 0.5) is 0 Å². The molecule has 0 aromatic heterocycles. The molecule has 0 aliphatic heterocycles. The predicted molar refractivity (Wildman–Crippen MR) is 64.7 cm³/mol. The molecule has 0 amide bonds. The Kier molecular flexibility index (Phi) is 4.96. The van der Waals surface area contributed by atoms with Gasteiger partial charge in [-0.25, -0.2) is 0 Å². The fraction of sp³-hybridized carbons (Fsp3) is 0.500. The summed E-state index contributed by atoms with van der Waals surface area (Å²) in [6, 6.07) is 9.54. The van der Waals surface area contributed by atoms with Gasteiger partial charge in [-0.3, -0.25) is 4.18 Å². The van der Waals surface area contributed by atoms with Gasteiger partial charge in [0.2, 0.25) is 0 Å². The zero-order valence-corrected chi connectivity index (χ0v) is 10.5. The topological polar surface area (TPSA) is 43.4 Å². The molecule has 90 valence electrons. The summed E-state index contributed by atoms with van der Waals surface area (Å²) in [4.78, 5) is 0. The molecule has 0 fully saturated rings. The minimum atomic E-state index is -3.37. The summed E-state index contributed by atoms with van der Waals surface area (Å²) in [5.74, 6) is 0.274. The summed E-state index contributed by atoms with van der Waals surface area (Å²) in [7, 11) is -3.37. The van der Waals surface area contributed by atoms with Crippen LogP contribution in [0.25, 0.3) is 0 Å². The predicted octanol–water partition coefficient (Wildman–Crippen LogP) is 2.23. The van der Waals surface area contributed by atoms with E-state index in [9.17, 15) is 8.42 Å². The number of rotatable bonds is 6. The first kappa shape index (κ1) is 13.2. The van der Waals surface area contributed by atoms with Crippen molar-refractivity contribution in [2.45, 2.75) is 20.3 Å². The summed E-state index contributed by atoms with van der Waals surface area (Å²) in [6.07, 6.45) is 0.501. The maximum absolute atomic E-state index is 11.5. The Hall–Kier alpha value is -0.870. The molecule has 0 atom stereocenters. The third kappa shape index (κ3) is 5.28.